The van der Waals surface area contributed by atoms with Gasteiger partial charge in [-0.2, -0.15) is 0 Å². The lowest BCUT2D eigenvalue weighted by Crippen LogP contribution is -2.10. The molecule has 0 heterocycles. The van der Waals surface area contributed by atoms with E-state index < -0.39 is 0 Å². The van der Waals surface area contributed by atoms with Gasteiger partial charge in [-0.15, -0.1) is 0 Å². The van der Waals surface area contributed by atoms with Crippen molar-refractivity contribution in [2.75, 3.05) is 19.8 Å². The molecular weight excluding hydrogens is 234 g/mol. The second kappa shape index (κ2) is 8.03. The summed E-state index contributed by atoms with van der Waals surface area (Å²) in [4.78, 5) is 0.402. The minimum atomic E-state index is 0.402. The van der Waals surface area contributed by atoms with Crippen molar-refractivity contribution < 1.29 is 9.47 Å². The van der Waals surface area contributed by atoms with Crippen LogP contribution in [0.2, 0.25) is 0 Å². The Morgan fingerprint density at radius 2 is 1.88 bits per heavy atom. The van der Waals surface area contributed by atoms with Gasteiger partial charge in [0.15, 0.2) is 0 Å². The monoisotopic (exact) mass is 253 g/mol. The molecule has 1 rings (SSSR count). The van der Waals surface area contributed by atoms with Crippen LogP contribution in [-0.4, -0.2) is 24.8 Å². The molecule has 0 radical (unpaired) electrons. The van der Waals surface area contributed by atoms with Crippen LogP contribution in [0, 0.1) is 0 Å². The Kier molecular flexibility index (Phi) is 6.58. The maximum atomic E-state index is 5.51. The molecule has 17 heavy (non-hydrogen) atoms. The summed E-state index contributed by atoms with van der Waals surface area (Å²) in [6.07, 6.45) is 2.25. The van der Waals surface area contributed by atoms with E-state index in [0.29, 0.717) is 18.2 Å². The highest BCUT2D eigenvalue weighted by Crippen LogP contribution is 2.11. The molecular formula is C13H19NO2S. The number of unbranched alkanes of at least 4 members (excludes halogenated alkanes) is 1. The van der Waals surface area contributed by atoms with Gasteiger partial charge in [0.25, 0.3) is 0 Å². The van der Waals surface area contributed by atoms with Gasteiger partial charge in [0.05, 0.1) is 6.61 Å². The molecule has 1 aromatic carbocycles. The maximum Gasteiger partial charge on any atom is 0.119 e. The van der Waals surface area contributed by atoms with Crippen LogP contribution in [0.25, 0.3) is 0 Å². The van der Waals surface area contributed by atoms with Gasteiger partial charge in [-0.1, -0.05) is 25.6 Å². The third-order valence-electron chi connectivity index (χ3n) is 2.28. The summed E-state index contributed by atoms with van der Waals surface area (Å²) in [6.45, 7) is 4.14. The molecule has 3 nitrogen and oxygen atoms in total. The lowest BCUT2D eigenvalue weighted by atomic mass is 10.2. The number of nitrogens with two attached hydrogens (primary N) is 1. The summed E-state index contributed by atoms with van der Waals surface area (Å²) in [5.74, 6) is 0.809. The molecule has 0 aromatic heterocycles. The fourth-order valence-electron chi connectivity index (χ4n) is 1.28. The number of hydrogen-bond acceptors (Lipinski definition) is 3. The van der Waals surface area contributed by atoms with Crippen LogP contribution in [-0.2, 0) is 4.74 Å². The van der Waals surface area contributed by atoms with Gasteiger partial charge in [-0.05, 0) is 30.7 Å². The average Bonchev–Trinajstić information content (AvgIpc) is 2.34. The van der Waals surface area contributed by atoms with Crippen molar-refractivity contribution in [3.63, 3.8) is 0 Å². The van der Waals surface area contributed by atoms with Gasteiger partial charge in [0.1, 0.15) is 17.3 Å². The van der Waals surface area contributed by atoms with E-state index in [2.05, 4.69) is 6.92 Å². The normalized spacial score (nSPS) is 10.2. The quantitative estimate of drug-likeness (QED) is 0.571. The van der Waals surface area contributed by atoms with Gasteiger partial charge in [-0.3, -0.25) is 0 Å². The van der Waals surface area contributed by atoms with Crippen molar-refractivity contribution in [1.82, 2.24) is 0 Å². The van der Waals surface area contributed by atoms with Gasteiger partial charge in [0, 0.05) is 12.2 Å². The first-order valence-corrected chi connectivity index (χ1v) is 6.25. The van der Waals surface area contributed by atoms with Crippen LogP contribution < -0.4 is 10.5 Å². The summed E-state index contributed by atoms with van der Waals surface area (Å²) < 4.78 is 10.9. The Morgan fingerprint density at radius 1 is 1.18 bits per heavy atom. The van der Waals surface area contributed by atoms with Crippen molar-refractivity contribution in [2.45, 2.75) is 19.8 Å². The molecule has 2 N–H and O–H groups in total. The minimum absolute atomic E-state index is 0.402. The second-order valence-corrected chi connectivity index (χ2v) is 4.14. The topological polar surface area (TPSA) is 44.5 Å². The molecule has 4 heteroatoms. The Balaban J connectivity index is 2.21. The highest BCUT2D eigenvalue weighted by Gasteiger charge is 1.97. The predicted molar refractivity (Wildman–Crippen MR) is 73.6 cm³/mol. The number of rotatable bonds is 8. The van der Waals surface area contributed by atoms with E-state index in [4.69, 9.17) is 27.4 Å². The van der Waals surface area contributed by atoms with E-state index in [-0.39, 0.29) is 0 Å². The SMILES string of the molecule is CCCCOCCOc1ccc(C(N)=S)cc1. The van der Waals surface area contributed by atoms with Crippen molar-refractivity contribution in [1.29, 1.82) is 0 Å². The van der Waals surface area contributed by atoms with E-state index >= 15 is 0 Å². The summed E-state index contributed by atoms with van der Waals surface area (Å²) in [5, 5.41) is 0. The third-order valence-corrected chi connectivity index (χ3v) is 2.51. The standard InChI is InChI=1S/C13H19NO2S/c1-2-3-8-15-9-10-16-12-6-4-11(5-7-12)13(14)17/h4-7H,2-3,8-10H2,1H3,(H2,14,17). The minimum Gasteiger partial charge on any atom is -0.491 e. The molecule has 0 spiro atoms. The fourth-order valence-corrected chi connectivity index (χ4v) is 1.42. The molecule has 0 atom stereocenters. The lowest BCUT2D eigenvalue weighted by Gasteiger charge is -2.07. The maximum absolute atomic E-state index is 5.51. The summed E-state index contributed by atoms with van der Waals surface area (Å²) >= 11 is 4.87. The Hall–Kier alpha value is -1.13. The van der Waals surface area contributed by atoms with Crippen molar-refractivity contribution in [3.05, 3.63) is 29.8 Å². The molecule has 94 valence electrons. The molecule has 0 aliphatic carbocycles. The van der Waals surface area contributed by atoms with E-state index in [1.54, 1.807) is 0 Å². The lowest BCUT2D eigenvalue weighted by molar-refractivity contribution is 0.0980. The predicted octanol–water partition coefficient (Wildman–Crippen LogP) is 2.52. The van der Waals surface area contributed by atoms with Crippen LogP contribution in [0.3, 0.4) is 0 Å². The zero-order valence-corrected chi connectivity index (χ0v) is 11.0. The first kappa shape index (κ1) is 13.9. The van der Waals surface area contributed by atoms with Gasteiger partial charge >= 0.3 is 0 Å². The third kappa shape index (κ3) is 5.65. The molecule has 0 aliphatic heterocycles. The average molecular weight is 253 g/mol. The number of thiocarbonyl (C=S) groups is 1. The second-order valence-electron chi connectivity index (χ2n) is 3.70. The van der Waals surface area contributed by atoms with Crippen molar-refractivity contribution in [2.24, 2.45) is 5.73 Å². The molecule has 0 amide bonds. The fraction of sp³-hybridized carbons (Fsp3) is 0.462. The van der Waals surface area contributed by atoms with Gasteiger partial charge < -0.3 is 15.2 Å². The smallest absolute Gasteiger partial charge is 0.119 e. The van der Waals surface area contributed by atoms with Gasteiger partial charge in [-0.25, -0.2) is 0 Å². The van der Waals surface area contributed by atoms with Gasteiger partial charge in [0.2, 0.25) is 0 Å². The molecule has 0 unspecified atom stereocenters. The van der Waals surface area contributed by atoms with Crippen molar-refractivity contribution >= 4 is 17.2 Å². The zero-order chi connectivity index (χ0) is 12.5. The van der Waals surface area contributed by atoms with Crippen LogP contribution in [0.15, 0.2) is 24.3 Å². The zero-order valence-electron chi connectivity index (χ0n) is 10.1. The molecule has 0 fully saturated rings. The van der Waals surface area contributed by atoms with E-state index in [1.807, 2.05) is 24.3 Å². The first-order valence-electron chi connectivity index (χ1n) is 5.84. The molecule has 0 aliphatic rings. The highest BCUT2D eigenvalue weighted by molar-refractivity contribution is 7.80. The first-order chi connectivity index (χ1) is 8.24. The van der Waals surface area contributed by atoms with Crippen LogP contribution in [0.4, 0.5) is 0 Å². The van der Waals surface area contributed by atoms with Crippen LogP contribution >= 0.6 is 12.2 Å². The largest absolute Gasteiger partial charge is 0.491 e. The van der Waals surface area contributed by atoms with Crippen molar-refractivity contribution in [3.8, 4) is 5.75 Å². The number of hydrogen-bond donors (Lipinski definition) is 1. The number of ether oxygens (including phenoxy) is 2. The van der Waals surface area contributed by atoms with Crippen LogP contribution in [0.5, 0.6) is 5.75 Å². The molecule has 1 aromatic rings. The number of benzene rings is 1. The molecule has 0 bridgehead atoms. The highest BCUT2D eigenvalue weighted by atomic mass is 32.1. The summed E-state index contributed by atoms with van der Waals surface area (Å²) in [6, 6.07) is 7.44. The molecule has 0 saturated carbocycles. The van der Waals surface area contributed by atoms with E-state index in [9.17, 15) is 0 Å². The van der Waals surface area contributed by atoms with E-state index in [0.717, 1.165) is 30.8 Å². The van der Waals surface area contributed by atoms with E-state index in [1.165, 1.54) is 0 Å². The Bertz CT molecular complexity index is 338. The summed E-state index contributed by atoms with van der Waals surface area (Å²) in [7, 11) is 0. The Morgan fingerprint density at radius 3 is 2.47 bits per heavy atom. The Labute approximate surface area is 108 Å². The van der Waals surface area contributed by atoms with Crippen LogP contribution in [0.1, 0.15) is 25.3 Å². The summed E-state index contributed by atoms with van der Waals surface area (Å²) in [5.41, 5.74) is 6.36. The molecule has 0 saturated heterocycles.